The van der Waals surface area contributed by atoms with Crippen molar-refractivity contribution in [1.82, 2.24) is 9.88 Å². The van der Waals surface area contributed by atoms with Crippen LogP contribution in [-0.2, 0) is 9.59 Å². The van der Waals surface area contributed by atoms with Crippen LogP contribution in [0.1, 0.15) is 24.4 Å². The summed E-state index contributed by atoms with van der Waals surface area (Å²) in [5.74, 6) is -1.66. The number of carbonyl (C=O) groups excluding carboxylic acids is 3. The fraction of sp³-hybridized carbons (Fsp3) is 0.120. The van der Waals surface area contributed by atoms with Gasteiger partial charge in [0.15, 0.2) is 0 Å². The van der Waals surface area contributed by atoms with E-state index in [4.69, 9.17) is 0 Å². The van der Waals surface area contributed by atoms with Gasteiger partial charge in [0.05, 0.1) is 11.1 Å². The fourth-order valence-corrected chi connectivity index (χ4v) is 4.30. The number of anilines is 1. The van der Waals surface area contributed by atoms with E-state index >= 15 is 0 Å². The average molecular weight is 456 g/mol. The Balaban J connectivity index is 1.46. The van der Waals surface area contributed by atoms with Crippen molar-refractivity contribution in [3.05, 3.63) is 66.2 Å². The molecule has 4 N–H and O–H groups in total. The molecule has 9 heteroatoms. The average Bonchev–Trinajstić information content (AvgIpc) is 3.08. The summed E-state index contributed by atoms with van der Waals surface area (Å²) < 4.78 is 1.10. The lowest BCUT2D eigenvalue weighted by Crippen LogP contribution is -2.41. The Kier molecular flexibility index (Phi) is 5.21. The third kappa shape index (κ3) is 3.62. The van der Waals surface area contributed by atoms with Gasteiger partial charge in [-0.1, -0.05) is 48.5 Å². The molecule has 2 heterocycles. The van der Waals surface area contributed by atoms with Gasteiger partial charge >= 0.3 is 6.03 Å². The van der Waals surface area contributed by atoms with Crippen molar-refractivity contribution in [3.63, 3.8) is 0 Å². The number of aliphatic imine (C=N–C) groups is 1. The van der Waals surface area contributed by atoms with Crippen LogP contribution in [-0.4, -0.2) is 38.8 Å². The minimum Gasteiger partial charge on any atom is -0.494 e. The summed E-state index contributed by atoms with van der Waals surface area (Å²) in [5, 5.41) is 29.0. The molecule has 1 aromatic heterocycles. The van der Waals surface area contributed by atoms with Gasteiger partial charge in [-0.2, -0.15) is 0 Å². The minimum atomic E-state index is -0.940. The maximum Gasteiger partial charge on any atom is 0.345 e. The molecule has 170 valence electrons. The Morgan fingerprint density at radius 2 is 1.74 bits per heavy atom. The number of aromatic hydroxyl groups is 2. The summed E-state index contributed by atoms with van der Waals surface area (Å²) in [5.41, 5.74) is 0.993. The van der Waals surface area contributed by atoms with Crippen LogP contribution in [0.25, 0.3) is 21.5 Å². The van der Waals surface area contributed by atoms with Gasteiger partial charge in [-0.25, -0.2) is 9.79 Å². The van der Waals surface area contributed by atoms with Gasteiger partial charge in [-0.15, -0.1) is 0 Å². The number of piperidine rings is 1. The van der Waals surface area contributed by atoms with Gasteiger partial charge < -0.3 is 15.5 Å². The molecule has 1 atom stereocenters. The monoisotopic (exact) mass is 456 g/mol. The third-order valence-electron chi connectivity index (χ3n) is 5.89. The lowest BCUT2D eigenvalue weighted by Gasteiger charge is -2.23. The van der Waals surface area contributed by atoms with Crippen molar-refractivity contribution < 1.29 is 24.6 Å². The van der Waals surface area contributed by atoms with Crippen molar-refractivity contribution >= 4 is 51.3 Å². The molecular weight excluding hydrogens is 436 g/mol. The number of aromatic nitrogens is 1. The van der Waals surface area contributed by atoms with E-state index in [9.17, 15) is 24.6 Å². The molecule has 0 radical (unpaired) electrons. The standard InChI is InChI=1S/C25H20N4O5/c30-20-12-11-19(22(31)28-20)29-23(32)17-9-3-7-15(21(17)24(29)33)13-26-25(34)27-18-10-4-6-14-5-1-2-8-16(14)18/h1-10,13,19,32-33H,11-12H2,(H,27,34)(H,28,30,31). The highest BCUT2D eigenvalue weighted by Crippen LogP contribution is 2.41. The fourth-order valence-electron chi connectivity index (χ4n) is 4.30. The number of amides is 4. The lowest BCUT2D eigenvalue weighted by molar-refractivity contribution is -0.135. The molecule has 0 aliphatic carbocycles. The molecule has 1 aliphatic heterocycles. The number of hydrogen-bond acceptors (Lipinski definition) is 5. The van der Waals surface area contributed by atoms with Gasteiger partial charge in [-0.05, 0) is 23.9 Å². The number of benzene rings is 3. The first-order valence-corrected chi connectivity index (χ1v) is 10.7. The third-order valence-corrected chi connectivity index (χ3v) is 5.89. The number of hydrogen-bond donors (Lipinski definition) is 4. The second kappa shape index (κ2) is 8.36. The van der Waals surface area contributed by atoms with Crippen LogP contribution in [0.4, 0.5) is 10.5 Å². The molecule has 1 fully saturated rings. The van der Waals surface area contributed by atoms with Crippen molar-refractivity contribution in [2.45, 2.75) is 18.9 Å². The Bertz CT molecular complexity index is 1500. The lowest BCUT2D eigenvalue weighted by atomic mass is 10.1. The maximum atomic E-state index is 12.5. The smallest absolute Gasteiger partial charge is 0.345 e. The summed E-state index contributed by atoms with van der Waals surface area (Å²) in [7, 11) is 0. The van der Waals surface area contributed by atoms with Crippen LogP contribution in [0, 0.1) is 0 Å². The SMILES string of the molecule is O=C1CCC(n2c(O)c3cccc(C=NC(=O)Nc4cccc5ccccc45)c3c2O)C(=O)N1. The highest BCUT2D eigenvalue weighted by molar-refractivity contribution is 6.10. The summed E-state index contributed by atoms with van der Waals surface area (Å²) in [6.07, 6.45) is 1.52. The van der Waals surface area contributed by atoms with Crippen LogP contribution >= 0.6 is 0 Å². The van der Waals surface area contributed by atoms with Crippen LogP contribution in [0.2, 0.25) is 0 Å². The summed E-state index contributed by atoms with van der Waals surface area (Å²) >= 11 is 0. The maximum absolute atomic E-state index is 12.5. The Morgan fingerprint density at radius 3 is 2.56 bits per heavy atom. The quantitative estimate of drug-likeness (QED) is 0.275. The number of imide groups is 1. The predicted octanol–water partition coefficient (Wildman–Crippen LogP) is 3.83. The van der Waals surface area contributed by atoms with Gasteiger partial charge in [0.25, 0.3) is 0 Å². The second-order valence-electron chi connectivity index (χ2n) is 7.97. The first-order valence-electron chi connectivity index (χ1n) is 10.7. The molecule has 0 saturated carbocycles. The largest absolute Gasteiger partial charge is 0.494 e. The zero-order valence-corrected chi connectivity index (χ0v) is 17.9. The van der Waals surface area contributed by atoms with E-state index in [2.05, 4.69) is 15.6 Å². The molecule has 1 saturated heterocycles. The van der Waals surface area contributed by atoms with Gasteiger partial charge in [0.2, 0.25) is 23.6 Å². The normalized spacial score (nSPS) is 16.3. The molecule has 3 aromatic carbocycles. The Hall–Kier alpha value is -4.66. The number of carbonyl (C=O) groups is 3. The molecule has 4 amide bonds. The van der Waals surface area contributed by atoms with Crippen molar-refractivity contribution in [2.75, 3.05) is 5.32 Å². The van der Waals surface area contributed by atoms with Crippen LogP contribution in [0.15, 0.2) is 65.7 Å². The Morgan fingerprint density at radius 1 is 1.00 bits per heavy atom. The Labute approximate surface area is 193 Å². The summed E-state index contributed by atoms with van der Waals surface area (Å²) in [6, 6.07) is 16.5. The number of urea groups is 1. The van der Waals surface area contributed by atoms with E-state index in [1.165, 1.54) is 6.21 Å². The zero-order chi connectivity index (χ0) is 23.8. The molecule has 1 aliphatic rings. The van der Waals surface area contributed by atoms with Crippen molar-refractivity contribution in [3.8, 4) is 11.8 Å². The first kappa shape index (κ1) is 21.2. The molecular formula is C25H20N4O5. The van der Waals surface area contributed by atoms with Crippen molar-refractivity contribution in [2.24, 2.45) is 4.99 Å². The highest BCUT2D eigenvalue weighted by atomic mass is 16.3. The van der Waals surface area contributed by atoms with Gasteiger partial charge in [0, 0.05) is 29.0 Å². The van der Waals surface area contributed by atoms with E-state index in [1.54, 1.807) is 24.3 Å². The summed E-state index contributed by atoms with van der Waals surface area (Å²) in [6.45, 7) is 0. The van der Waals surface area contributed by atoms with Crippen LogP contribution in [0.3, 0.4) is 0 Å². The van der Waals surface area contributed by atoms with E-state index in [1.807, 2.05) is 36.4 Å². The minimum absolute atomic E-state index is 0.0897. The molecule has 34 heavy (non-hydrogen) atoms. The van der Waals surface area contributed by atoms with E-state index < -0.39 is 23.9 Å². The molecule has 0 bridgehead atoms. The van der Waals surface area contributed by atoms with E-state index in [0.717, 1.165) is 15.3 Å². The number of fused-ring (bicyclic) bond motifs is 2. The first-order chi connectivity index (χ1) is 16.4. The molecule has 5 rings (SSSR count). The topological polar surface area (TPSA) is 133 Å². The number of rotatable bonds is 3. The molecule has 4 aromatic rings. The summed E-state index contributed by atoms with van der Waals surface area (Å²) in [4.78, 5) is 40.3. The van der Waals surface area contributed by atoms with Crippen LogP contribution in [0.5, 0.6) is 11.8 Å². The molecule has 0 spiro atoms. The number of nitrogens with one attached hydrogen (secondary N) is 2. The molecule has 9 nitrogen and oxygen atoms in total. The zero-order valence-electron chi connectivity index (χ0n) is 17.9. The predicted molar refractivity (Wildman–Crippen MR) is 127 cm³/mol. The van der Waals surface area contributed by atoms with E-state index in [0.29, 0.717) is 16.6 Å². The number of nitrogens with zero attached hydrogens (tertiary/aromatic N) is 2. The van der Waals surface area contributed by atoms with Crippen LogP contribution < -0.4 is 10.6 Å². The second-order valence-corrected chi connectivity index (χ2v) is 7.97. The van der Waals surface area contributed by atoms with Gasteiger partial charge in [0.1, 0.15) is 6.04 Å². The highest BCUT2D eigenvalue weighted by Gasteiger charge is 2.33. The molecule has 1 unspecified atom stereocenters. The van der Waals surface area contributed by atoms with Crippen molar-refractivity contribution in [1.29, 1.82) is 0 Å². The van der Waals surface area contributed by atoms with E-state index in [-0.39, 0.29) is 30.0 Å². The van der Waals surface area contributed by atoms with Gasteiger partial charge in [-0.3, -0.25) is 19.5 Å².